The number of rotatable bonds is 3. The van der Waals surface area contributed by atoms with E-state index in [0.29, 0.717) is 0 Å². The molecule has 15 heavy (non-hydrogen) atoms. The zero-order chi connectivity index (χ0) is 10.7. The molecule has 2 rings (SSSR count). The number of nitrogens with two attached hydrogens (primary N) is 1. The van der Waals surface area contributed by atoms with Gasteiger partial charge in [0.25, 0.3) is 0 Å². The van der Waals surface area contributed by atoms with E-state index in [4.69, 9.17) is 10.6 Å². The average Bonchev–Trinajstić information content (AvgIpc) is 2.68. The Bertz CT molecular complexity index is 307. The first-order chi connectivity index (χ1) is 7.26. The van der Waals surface area contributed by atoms with Gasteiger partial charge < -0.3 is 4.74 Å². The predicted molar refractivity (Wildman–Crippen MR) is 60.1 cm³/mol. The lowest BCUT2D eigenvalue weighted by atomic mass is 9.88. The van der Waals surface area contributed by atoms with Gasteiger partial charge in [0.2, 0.25) is 0 Å². The number of nitrogens with one attached hydrogen (secondary N) is 1. The van der Waals surface area contributed by atoms with E-state index in [1.165, 1.54) is 5.56 Å². The summed E-state index contributed by atoms with van der Waals surface area (Å²) in [5.74, 6) is 5.64. The maximum Gasteiger partial charge on any atom is 0.0862 e. The van der Waals surface area contributed by atoms with Crippen molar-refractivity contribution in [1.29, 1.82) is 0 Å². The molecule has 2 unspecified atom stereocenters. The smallest absolute Gasteiger partial charge is 0.0862 e. The van der Waals surface area contributed by atoms with Crippen molar-refractivity contribution in [3.8, 4) is 0 Å². The van der Waals surface area contributed by atoms with E-state index in [2.05, 4.69) is 24.5 Å². The Kier molecular flexibility index (Phi) is 3.05. The summed E-state index contributed by atoms with van der Waals surface area (Å²) in [5.41, 5.74) is 3.89. The Morgan fingerprint density at radius 2 is 2.13 bits per heavy atom. The second-order valence-corrected chi connectivity index (χ2v) is 4.28. The molecule has 1 heterocycles. The van der Waals surface area contributed by atoms with E-state index in [9.17, 15) is 0 Å². The van der Waals surface area contributed by atoms with Gasteiger partial charge >= 0.3 is 0 Å². The Balaban J connectivity index is 2.24. The third-order valence-electron chi connectivity index (χ3n) is 3.16. The third kappa shape index (κ3) is 2.04. The van der Waals surface area contributed by atoms with Crippen LogP contribution in [0.4, 0.5) is 0 Å². The van der Waals surface area contributed by atoms with Crippen LogP contribution in [0.15, 0.2) is 30.3 Å². The normalized spacial score (nSPS) is 27.9. The Morgan fingerprint density at radius 1 is 1.40 bits per heavy atom. The van der Waals surface area contributed by atoms with Gasteiger partial charge in [-0.15, -0.1) is 0 Å². The summed E-state index contributed by atoms with van der Waals surface area (Å²) in [5, 5.41) is 0. The molecule has 0 aromatic heterocycles. The fourth-order valence-corrected chi connectivity index (χ4v) is 2.30. The highest BCUT2D eigenvalue weighted by atomic mass is 16.5. The molecule has 82 valence electrons. The number of hydrogen-bond acceptors (Lipinski definition) is 3. The predicted octanol–water partition coefficient (Wildman–Crippen LogP) is 1.76. The summed E-state index contributed by atoms with van der Waals surface area (Å²) in [7, 11) is 0. The van der Waals surface area contributed by atoms with Crippen molar-refractivity contribution in [2.45, 2.75) is 31.4 Å². The highest BCUT2D eigenvalue weighted by molar-refractivity contribution is 5.22. The summed E-state index contributed by atoms with van der Waals surface area (Å²) in [6, 6.07) is 10.3. The first kappa shape index (κ1) is 10.6. The Morgan fingerprint density at radius 3 is 2.67 bits per heavy atom. The Labute approximate surface area is 90.6 Å². The maximum absolute atomic E-state index is 5.81. The summed E-state index contributed by atoms with van der Waals surface area (Å²) in [6.07, 6.45) is 2.16. The molecule has 0 aliphatic carbocycles. The second kappa shape index (κ2) is 4.31. The molecule has 3 N–H and O–H groups in total. The van der Waals surface area contributed by atoms with Crippen molar-refractivity contribution >= 4 is 0 Å². The lowest BCUT2D eigenvalue weighted by Crippen LogP contribution is -2.44. The number of ether oxygens (including phenoxy) is 1. The average molecular weight is 206 g/mol. The van der Waals surface area contributed by atoms with Crippen LogP contribution < -0.4 is 11.3 Å². The number of hydrogen-bond donors (Lipinski definition) is 2. The van der Waals surface area contributed by atoms with Crippen molar-refractivity contribution in [2.24, 2.45) is 5.84 Å². The molecule has 1 aromatic carbocycles. The van der Waals surface area contributed by atoms with Crippen LogP contribution >= 0.6 is 0 Å². The van der Waals surface area contributed by atoms with Crippen LogP contribution in [-0.4, -0.2) is 12.2 Å². The highest BCUT2D eigenvalue weighted by Gasteiger charge is 2.38. The van der Waals surface area contributed by atoms with E-state index in [-0.39, 0.29) is 11.6 Å². The first-order valence-corrected chi connectivity index (χ1v) is 5.41. The van der Waals surface area contributed by atoms with E-state index in [1.54, 1.807) is 0 Å². The first-order valence-electron chi connectivity index (χ1n) is 5.41. The molecule has 0 spiro atoms. The molecule has 3 heteroatoms. The van der Waals surface area contributed by atoms with E-state index in [0.717, 1.165) is 19.4 Å². The van der Waals surface area contributed by atoms with Gasteiger partial charge in [-0.25, -0.2) is 0 Å². The largest absolute Gasteiger partial charge is 0.373 e. The summed E-state index contributed by atoms with van der Waals surface area (Å²) in [4.78, 5) is 0. The highest BCUT2D eigenvalue weighted by Crippen LogP contribution is 2.36. The fraction of sp³-hybridized carbons (Fsp3) is 0.500. The van der Waals surface area contributed by atoms with Crippen molar-refractivity contribution in [1.82, 2.24) is 5.43 Å². The van der Waals surface area contributed by atoms with Gasteiger partial charge in [0.15, 0.2) is 0 Å². The molecule has 1 saturated heterocycles. The van der Waals surface area contributed by atoms with Crippen molar-refractivity contribution in [2.75, 3.05) is 6.61 Å². The molecule has 0 amide bonds. The van der Waals surface area contributed by atoms with Crippen LogP contribution in [-0.2, 0) is 4.74 Å². The minimum atomic E-state index is -0.171. The van der Waals surface area contributed by atoms with Gasteiger partial charge in [-0.05, 0) is 25.3 Å². The molecule has 1 aromatic rings. The second-order valence-electron chi connectivity index (χ2n) is 4.28. The van der Waals surface area contributed by atoms with Crippen LogP contribution in [0.25, 0.3) is 0 Å². The van der Waals surface area contributed by atoms with E-state index < -0.39 is 0 Å². The molecular weight excluding hydrogens is 188 g/mol. The molecule has 3 nitrogen and oxygen atoms in total. The molecule has 1 aliphatic heterocycles. The molecular formula is C12H18N2O. The number of benzene rings is 1. The number of hydrazine groups is 1. The minimum Gasteiger partial charge on any atom is -0.373 e. The van der Waals surface area contributed by atoms with Gasteiger partial charge in [0.1, 0.15) is 0 Å². The van der Waals surface area contributed by atoms with Crippen LogP contribution in [0, 0.1) is 0 Å². The summed E-state index contributed by atoms with van der Waals surface area (Å²) >= 11 is 0. The SMILES string of the molecule is CC1(C(NN)c2ccccc2)CCCO1. The molecule has 1 aliphatic rings. The third-order valence-corrected chi connectivity index (χ3v) is 3.16. The van der Waals surface area contributed by atoms with Gasteiger partial charge in [-0.2, -0.15) is 0 Å². The van der Waals surface area contributed by atoms with Crippen molar-refractivity contribution in [3.05, 3.63) is 35.9 Å². The molecule has 1 fully saturated rings. The van der Waals surface area contributed by atoms with Gasteiger partial charge in [0, 0.05) is 6.61 Å². The van der Waals surface area contributed by atoms with E-state index >= 15 is 0 Å². The zero-order valence-electron chi connectivity index (χ0n) is 9.07. The van der Waals surface area contributed by atoms with Crippen LogP contribution in [0.2, 0.25) is 0 Å². The lowest BCUT2D eigenvalue weighted by Gasteiger charge is -2.33. The van der Waals surface area contributed by atoms with Gasteiger partial charge in [-0.3, -0.25) is 11.3 Å². The topological polar surface area (TPSA) is 47.3 Å². The Hall–Kier alpha value is -0.900. The molecule has 0 radical (unpaired) electrons. The quantitative estimate of drug-likeness (QED) is 0.585. The van der Waals surface area contributed by atoms with Crippen molar-refractivity contribution in [3.63, 3.8) is 0 Å². The van der Waals surface area contributed by atoms with Crippen molar-refractivity contribution < 1.29 is 4.74 Å². The van der Waals surface area contributed by atoms with Crippen LogP contribution in [0.3, 0.4) is 0 Å². The fourth-order valence-electron chi connectivity index (χ4n) is 2.30. The maximum atomic E-state index is 5.81. The van der Waals surface area contributed by atoms with Crippen LogP contribution in [0.1, 0.15) is 31.4 Å². The van der Waals surface area contributed by atoms with E-state index in [1.807, 2.05) is 18.2 Å². The molecule has 0 bridgehead atoms. The summed E-state index contributed by atoms with van der Waals surface area (Å²) in [6.45, 7) is 2.96. The molecule has 0 saturated carbocycles. The zero-order valence-corrected chi connectivity index (χ0v) is 9.07. The lowest BCUT2D eigenvalue weighted by molar-refractivity contribution is -0.0125. The monoisotopic (exact) mass is 206 g/mol. The van der Waals surface area contributed by atoms with Gasteiger partial charge in [0.05, 0.1) is 11.6 Å². The molecule has 2 atom stereocenters. The summed E-state index contributed by atoms with van der Waals surface area (Å²) < 4.78 is 5.81. The van der Waals surface area contributed by atoms with Gasteiger partial charge in [-0.1, -0.05) is 30.3 Å². The van der Waals surface area contributed by atoms with Crippen LogP contribution in [0.5, 0.6) is 0 Å². The minimum absolute atomic E-state index is 0.0706. The standard InChI is InChI=1S/C12H18N2O/c1-12(8-5-9-15-12)11(14-13)10-6-3-2-4-7-10/h2-4,6-7,11,14H,5,8-9,13H2,1H3.